The molecule has 2 nitrogen and oxygen atoms in total. The number of carbonyl (C=O) groups is 1. The fourth-order valence-electron chi connectivity index (χ4n) is 3.13. The van der Waals surface area contributed by atoms with Gasteiger partial charge in [-0.25, -0.2) is 0 Å². The van der Waals surface area contributed by atoms with Crippen molar-refractivity contribution in [1.82, 2.24) is 4.57 Å². The summed E-state index contributed by atoms with van der Waals surface area (Å²) >= 11 is 5.90. The standard InChI is InChI=1S/C19H28ClNOSi/c1-14(13-20)12-16-17(15-10-8-7-9-11-15)21(18(16)22)23(5,6)19(2,3)4/h7-11,16-17H,1,12-13H2,2-6H3/t16-,17-/m0/s1. The van der Waals surface area contributed by atoms with Gasteiger partial charge >= 0.3 is 0 Å². The Morgan fingerprint density at radius 3 is 2.30 bits per heavy atom. The third kappa shape index (κ3) is 3.27. The molecule has 1 aliphatic rings. The maximum Gasteiger partial charge on any atom is 0.221 e. The quantitative estimate of drug-likeness (QED) is 0.302. The lowest BCUT2D eigenvalue weighted by molar-refractivity contribution is -0.148. The molecule has 0 aromatic heterocycles. The average molecular weight is 350 g/mol. The van der Waals surface area contributed by atoms with Gasteiger partial charge in [0.1, 0.15) is 0 Å². The van der Waals surface area contributed by atoms with E-state index in [4.69, 9.17) is 11.6 Å². The first kappa shape index (κ1) is 18.3. The summed E-state index contributed by atoms with van der Waals surface area (Å²) in [7, 11) is -1.91. The third-order valence-electron chi connectivity index (χ3n) is 5.49. The van der Waals surface area contributed by atoms with E-state index in [1.54, 1.807) is 0 Å². The molecule has 4 heteroatoms. The highest BCUT2D eigenvalue weighted by molar-refractivity contribution is 6.80. The van der Waals surface area contributed by atoms with Crippen LogP contribution >= 0.6 is 11.6 Å². The van der Waals surface area contributed by atoms with Crippen molar-refractivity contribution in [3.63, 3.8) is 0 Å². The van der Waals surface area contributed by atoms with Crippen LogP contribution in [-0.2, 0) is 4.79 Å². The van der Waals surface area contributed by atoms with Gasteiger partial charge in [0.25, 0.3) is 0 Å². The Labute approximate surface area is 146 Å². The number of rotatable bonds is 5. The molecule has 0 saturated carbocycles. The topological polar surface area (TPSA) is 20.3 Å². The van der Waals surface area contributed by atoms with Crippen molar-refractivity contribution >= 4 is 25.7 Å². The van der Waals surface area contributed by atoms with E-state index in [0.717, 1.165) is 5.57 Å². The Kier molecular flexibility index (Phi) is 5.12. The van der Waals surface area contributed by atoms with Crippen LogP contribution in [0.4, 0.5) is 0 Å². The van der Waals surface area contributed by atoms with Gasteiger partial charge in [-0.1, -0.05) is 76.3 Å². The molecule has 0 spiro atoms. The Bertz CT molecular complexity index is 591. The lowest BCUT2D eigenvalue weighted by atomic mass is 9.81. The van der Waals surface area contributed by atoms with Crippen molar-refractivity contribution in [2.24, 2.45) is 5.92 Å². The van der Waals surface area contributed by atoms with Crippen LogP contribution in [0.25, 0.3) is 0 Å². The summed E-state index contributed by atoms with van der Waals surface area (Å²) < 4.78 is 2.20. The Morgan fingerprint density at radius 1 is 1.26 bits per heavy atom. The van der Waals surface area contributed by atoms with Crippen LogP contribution in [0.2, 0.25) is 18.1 Å². The van der Waals surface area contributed by atoms with E-state index in [1.807, 2.05) is 6.07 Å². The minimum atomic E-state index is -1.91. The molecular weight excluding hydrogens is 322 g/mol. The zero-order valence-electron chi connectivity index (χ0n) is 14.9. The zero-order valence-corrected chi connectivity index (χ0v) is 16.7. The van der Waals surface area contributed by atoms with Gasteiger partial charge in [0, 0.05) is 5.88 Å². The largest absolute Gasteiger partial charge is 0.361 e. The van der Waals surface area contributed by atoms with Crippen molar-refractivity contribution in [2.45, 2.75) is 51.4 Å². The van der Waals surface area contributed by atoms with Gasteiger partial charge in [-0.3, -0.25) is 4.79 Å². The first-order chi connectivity index (χ1) is 10.6. The molecule has 1 fully saturated rings. The van der Waals surface area contributed by atoms with E-state index < -0.39 is 8.24 Å². The van der Waals surface area contributed by atoms with E-state index in [2.05, 4.69) is 69.3 Å². The molecule has 0 unspecified atom stereocenters. The van der Waals surface area contributed by atoms with Gasteiger partial charge in [-0.05, 0) is 17.0 Å². The summed E-state index contributed by atoms with van der Waals surface area (Å²) in [5, 5.41) is 0.129. The van der Waals surface area contributed by atoms with Crippen LogP contribution in [0.15, 0.2) is 42.5 Å². The molecule has 23 heavy (non-hydrogen) atoms. The lowest BCUT2D eigenvalue weighted by Gasteiger charge is -2.59. The summed E-state index contributed by atoms with van der Waals surface area (Å²) in [4.78, 5) is 13.0. The predicted molar refractivity (Wildman–Crippen MR) is 101 cm³/mol. The van der Waals surface area contributed by atoms with Crippen LogP contribution in [0.3, 0.4) is 0 Å². The number of allylic oxidation sites excluding steroid dienone is 1. The summed E-state index contributed by atoms with van der Waals surface area (Å²) in [5.41, 5.74) is 2.17. The van der Waals surface area contributed by atoms with Gasteiger partial charge in [0.05, 0.1) is 12.0 Å². The minimum Gasteiger partial charge on any atom is -0.361 e. The number of β-lactam (4-membered cyclic amide) rings is 1. The molecule has 1 heterocycles. The normalized spacial score (nSPS) is 22.0. The van der Waals surface area contributed by atoms with Crippen LogP contribution < -0.4 is 0 Å². The smallest absolute Gasteiger partial charge is 0.221 e. The molecule has 0 N–H and O–H groups in total. The SMILES string of the molecule is C=C(CCl)C[C@@H]1C(=O)N([Si](C)(C)C(C)(C)C)[C@H]1c1ccccc1. The highest BCUT2D eigenvalue weighted by atomic mass is 35.5. The molecule has 1 amide bonds. The average Bonchev–Trinajstić information content (AvgIpc) is 2.48. The van der Waals surface area contributed by atoms with E-state index in [1.165, 1.54) is 5.56 Å². The van der Waals surface area contributed by atoms with E-state index >= 15 is 0 Å². The van der Waals surface area contributed by atoms with Crippen molar-refractivity contribution in [2.75, 3.05) is 5.88 Å². The summed E-state index contributed by atoms with van der Waals surface area (Å²) in [5.74, 6) is 0.681. The van der Waals surface area contributed by atoms with Crippen molar-refractivity contribution < 1.29 is 4.79 Å². The first-order valence-corrected chi connectivity index (χ1v) is 11.7. The lowest BCUT2D eigenvalue weighted by Crippen LogP contribution is -2.68. The second kappa shape index (κ2) is 6.44. The van der Waals surface area contributed by atoms with Gasteiger partial charge < -0.3 is 4.57 Å². The second-order valence-electron chi connectivity index (χ2n) is 8.07. The van der Waals surface area contributed by atoms with E-state index in [9.17, 15) is 4.79 Å². The zero-order chi connectivity index (χ0) is 17.4. The molecule has 0 aliphatic carbocycles. The van der Waals surface area contributed by atoms with Crippen molar-refractivity contribution in [3.05, 3.63) is 48.0 Å². The highest BCUT2D eigenvalue weighted by Crippen LogP contribution is 2.51. The number of benzene rings is 1. The number of nitrogens with zero attached hydrogens (tertiary/aromatic N) is 1. The summed E-state index contributed by atoms with van der Waals surface area (Å²) in [6.45, 7) is 15.3. The molecule has 2 atom stereocenters. The fraction of sp³-hybridized carbons (Fsp3) is 0.526. The fourth-order valence-corrected chi connectivity index (χ4v) is 5.70. The maximum atomic E-state index is 13.0. The van der Waals surface area contributed by atoms with Crippen molar-refractivity contribution in [3.8, 4) is 0 Å². The monoisotopic (exact) mass is 349 g/mol. The van der Waals surface area contributed by atoms with Crippen LogP contribution in [0.1, 0.15) is 38.8 Å². The molecule has 2 rings (SSSR count). The van der Waals surface area contributed by atoms with Crippen molar-refractivity contribution in [1.29, 1.82) is 0 Å². The maximum absolute atomic E-state index is 13.0. The number of amides is 1. The number of hydrogen-bond donors (Lipinski definition) is 0. The number of halogens is 1. The van der Waals surface area contributed by atoms with Gasteiger partial charge in [-0.2, -0.15) is 0 Å². The molecule has 1 aromatic rings. The van der Waals surface area contributed by atoms with Gasteiger partial charge in [0.2, 0.25) is 5.91 Å². The molecule has 1 saturated heterocycles. The number of hydrogen-bond acceptors (Lipinski definition) is 1. The Balaban J connectivity index is 2.39. The third-order valence-corrected chi connectivity index (χ3v) is 11.2. The van der Waals surface area contributed by atoms with E-state index in [-0.39, 0.29) is 22.9 Å². The van der Waals surface area contributed by atoms with E-state index in [0.29, 0.717) is 12.3 Å². The molecule has 126 valence electrons. The molecule has 0 radical (unpaired) electrons. The van der Waals surface area contributed by atoms with Gasteiger partial charge in [-0.15, -0.1) is 11.6 Å². The van der Waals surface area contributed by atoms with Crippen LogP contribution in [0, 0.1) is 5.92 Å². The molecule has 1 aliphatic heterocycles. The minimum absolute atomic E-state index is 0.0159. The van der Waals surface area contributed by atoms with Crippen LogP contribution in [0.5, 0.6) is 0 Å². The molecular formula is C19H28ClNOSi. The highest BCUT2D eigenvalue weighted by Gasteiger charge is 2.57. The Hall–Kier alpha value is -1.06. The second-order valence-corrected chi connectivity index (χ2v) is 13.4. The summed E-state index contributed by atoms with van der Waals surface area (Å²) in [6.07, 6.45) is 0.688. The van der Waals surface area contributed by atoms with Crippen LogP contribution in [-0.4, -0.2) is 24.6 Å². The predicted octanol–water partition coefficient (Wildman–Crippen LogP) is 5.38. The number of alkyl halides is 1. The Morgan fingerprint density at radius 2 is 1.83 bits per heavy atom. The first-order valence-electron chi connectivity index (χ1n) is 8.22. The summed E-state index contributed by atoms with van der Waals surface area (Å²) in [6, 6.07) is 10.5. The number of carbonyl (C=O) groups excluding carboxylic acids is 1. The van der Waals surface area contributed by atoms with Gasteiger partial charge in [0.15, 0.2) is 8.24 Å². The molecule has 0 bridgehead atoms. The molecule has 1 aromatic carbocycles.